The quantitative estimate of drug-likeness (QED) is 0.691. The number of hydrogen-bond acceptors (Lipinski definition) is 2. The summed E-state index contributed by atoms with van der Waals surface area (Å²) in [6.45, 7) is 7.75. The first-order valence-electron chi connectivity index (χ1n) is 5.06. The Morgan fingerprint density at radius 3 is 2.46 bits per heavy atom. The average Bonchev–Trinajstić information content (AvgIpc) is 2.49. The number of nitrogens with two attached hydrogens (primary N) is 1. The number of carbonyl (C=O) groups is 1. The molecule has 0 bridgehead atoms. The molecule has 1 aliphatic rings. The van der Waals surface area contributed by atoms with E-state index in [2.05, 4.69) is 13.8 Å². The zero-order chi connectivity index (χ0) is 10.0. The van der Waals surface area contributed by atoms with Gasteiger partial charge in [0.25, 0.3) is 0 Å². The van der Waals surface area contributed by atoms with Crippen LogP contribution in [0.3, 0.4) is 0 Å². The predicted molar refractivity (Wildman–Crippen MR) is 53.2 cm³/mol. The highest BCUT2D eigenvalue weighted by atomic mass is 16.2. The van der Waals surface area contributed by atoms with Gasteiger partial charge in [-0.05, 0) is 12.3 Å². The summed E-state index contributed by atoms with van der Waals surface area (Å²) in [5, 5.41) is 0. The number of hydrogen-bond donors (Lipinski definition) is 1. The van der Waals surface area contributed by atoms with Gasteiger partial charge in [-0.3, -0.25) is 4.79 Å². The molecule has 0 saturated carbocycles. The van der Waals surface area contributed by atoms with Crippen molar-refractivity contribution in [2.75, 3.05) is 13.1 Å². The number of likely N-dealkylation sites (tertiary alicyclic amines) is 1. The molecule has 1 saturated heterocycles. The SMILES string of the molecule is CC(C)C(C)C(=O)N1CC[C@@H](N)C1. The lowest BCUT2D eigenvalue weighted by atomic mass is 9.97. The topological polar surface area (TPSA) is 46.3 Å². The van der Waals surface area contributed by atoms with Crippen molar-refractivity contribution in [2.24, 2.45) is 17.6 Å². The van der Waals surface area contributed by atoms with Gasteiger partial charge in [0.15, 0.2) is 0 Å². The molecule has 1 heterocycles. The second-order valence-corrected chi connectivity index (χ2v) is 4.37. The molecule has 0 radical (unpaired) electrons. The van der Waals surface area contributed by atoms with Gasteiger partial charge >= 0.3 is 0 Å². The first kappa shape index (κ1) is 10.5. The van der Waals surface area contributed by atoms with Crippen LogP contribution in [0.4, 0.5) is 0 Å². The fraction of sp³-hybridized carbons (Fsp3) is 0.900. The van der Waals surface area contributed by atoms with Gasteiger partial charge in [0.1, 0.15) is 0 Å². The van der Waals surface area contributed by atoms with E-state index in [0.717, 1.165) is 19.5 Å². The molecule has 13 heavy (non-hydrogen) atoms. The molecule has 0 aromatic heterocycles. The highest BCUT2D eigenvalue weighted by molar-refractivity contribution is 5.79. The number of nitrogens with zero attached hydrogens (tertiary/aromatic N) is 1. The van der Waals surface area contributed by atoms with Crippen LogP contribution in [0.2, 0.25) is 0 Å². The molecule has 2 N–H and O–H groups in total. The van der Waals surface area contributed by atoms with Gasteiger partial charge in [-0.15, -0.1) is 0 Å². The van der Waals surface area contributed by atoms with E-state index in [9.17, 15) is 4.79 Å². The van der Waals surface area contributed by atoms with E-state index in [4.69, 9.17) is 5.73 Å². The predicted octanol–water partition coefficient (Wildman–Crippen LogP) is 0.838. The second-order valence-electron chi connectivity index (χ2n) is 4.37. The van der Waals surface area contributed by atoms with Gasteiger partial charge in [0, 0.05) is 25.0 Å². The first-order chi connectivity index (χ1) is 6.02. The Bertz CT molecular complexity index is 191. The highest BCUT2D eigenvalue weighted by Gasteiger charge is 2.28. The minimum absolute atomic E-state index is 0.130. The Hall–Kier alpha value is -0.570. The van der Waals surface area contributed by atoms with Crippen LogP contribution in [0.25, 0.3) is 0 Å². The van der Waals surface area contributed by atoms with Crippen molar-refractivity contribution in [2.45, 2.75) is 33.2 Å². The minimum atomic E-state index is 0.130. The van der Waals surface area contributed by atoms with Crippen LogP contribution in [-0.2, 0) is 4.79 Å². The fourth-order valence-corrected chi connectivity index (χ4v) is 1.56. The van der Waals surface area contributed by atoms with Crippen LogP contribution < -0.4 is 5.73 Å². The Balaban J connectivity index is 2.48. The van der Waals surface area contributed by atoms with Crippen molar-refractivity contribution in [3.05, 3.63) is 0 Å². The van der Waals surface area contributed by atoms with Gasteiger partial charge in [0.2, 0.25) is 5.91 Å². The van der Waals surface area contributed by atoms with Crippen molar-refractivity contribution in [3.8, 4) is 0 Å². The van der Waals surface area contributed by atoms with Crippen LogP contribution in [0.15, 0.2) is 0 Å². The van der Waals surface area contributed by atoms with Crippen LogP contribution in [0.5, 0.6) is 0 Å². The molecule has 1 rings (SSSR count). The summed E-state index contributed by atoms with van der Waals surface area (Å²) in [5.41, 5.74) is 5.75. The Morgan fingerprint density at radius 2 is 2.08 bits per heavy atom. The monoisotopic (exact) mass is 184 g/mol. The first-order valence-corrected chi connectivity index (χ1v) is 5.06. The van der Waals surface area contributed by atoms with Gasteiger partial charge in [-0.1, -0.05) is 20.8 Å². The van der Waals surface area contributed by atoms with Crippen LogP contribution in [0, 0.1) is 11.8 Å². The number of amides is 1. The molecule has 0 aromatic rings. The maximum Gasteiger partial charge on any atom is 0.225 e. The molecular formula is C10H20N2O. The Morgan fingerprint density at radius 1 is 1.46 bits per heavy atom. The summed E-state index contributed by atoms with van der Waals surface area (Å²) in [6, 6.07) is 0.198. The maximum absolute atomic E-state index is 11.8. The van der Waals surface area contributed by atoms with Gasteiger partial charge in [-0.25, -0.2) is 0 Å². The van der Waals surface area contributed by atoms with E-state index in [1.807, 2.05) is 11.8 Å². The van der Waals surface area contributed by atoms with E-state index in [-0.39, 0.29) is 17.9 Å². The van der Waals surface area contributed by atoms with Gasteiger partial charge in [-0.2, -0.15) is 0 Å². The average molecular weight is 184 g/mol. The summed E-state index contributed by atoms with van der Waals surface area (Å²) in [6.07, 6.45) is 0.955. The van der Waals surface area contributed by atoms with E-state index < -0.39 is 0 Å². The highest BCUT2D eigenvalue weighted by Crippen LogP contribution is 2.16. The maximum atomic E-state index is 11.8. The molecule has 0 aromatic carbocycles. The minimum Gasteiger partial charge on any atom is -0.341 e. The lowest BCUT2D eigenvalue weighted by Gasteiger charge is -2.22. The number of carbonyl (C=O) groups excluding carboxylic acids is 1. The molecule has 1 aliphatic heterocycles. The summed E-state index contributed by atoms with van der Waals surface area (Å²) >= 11 is 0. The lowest BCUT2D eigenvalue weighted by Crippen LogP contribution is -2.37. The smallest absolute Gasteiger partial charge is 0.225 e. The lowest BCUT2D eigenvalue weighted by molar-refractivity contribution is -0.135. The zero-order valence-corrected chi connectivity index (χ0v) is 8.79. The molecule has 3 nitrogen and oxygen atoms in total. The molecule has 1 amide bonds. The molecular weight excluding hydrogens is 164 g/mol. The summed E-state index contributed by atoms with van der Waals surface area (Å²) < 4.78 is 0. The summed E-state index contributed by atoms with van der Waals surface area (Å²) in [5.74, 6) is 0.817. The van der Waals surface area contributed by atoms with Crippen LogP contribution >= 0.6 is 0 Å². The third-order valence-corrected chi connectivity index (χ3v) is 2.93. The van der Waals surface area contributed by atoms with E-state index >= 15 is 0 Å². The number of rotatable bonds is 2. The van der Waals surface area contributed by atoms with Crippen molar-refractivity contribution >= 4 is 5.91 Å². The normalized spacial score (nSPS) is 25.3. The van der Waals surface area contributed by atoms with E-state index in [1.54, 1.807) is 0 Å². The fourth-order valence-electron chi connectivity index (χ4n) is 1.56. The standard InChI is InChI=1S/C10H20N2O/c1-7(2)8(3)10(13)12-5-4-9(11)6-12/h7-9H,4-6,11H2,1-3H3/t8?,9-/m1/s1. The molecule has 0 aliphatic carbocycles. The molecule has 1 fully saturated rings. The zero-order valence-electron chi connectivity index (χ0n) is 8.79. The Labute approximate surface area is 80.3 Å². The van der Waals surface area contributed by atoms with E-state index in [0.29, 0.717) is 5.92 Å². The summed E-state index contributed by atoms with van der Waals surface area (Å²) in [7, 11) is 0. The van der Waals surface area contributed by atoms with E-state index in [1.165, 1.54) is 0 Å². The second kappa shape index (κ2) is 4.09. The molecule has 3 heteroatoms. The summed E-state index contributed by atoms with van der Waals surface area (Å²) in [4.78, 5) is 13.7. The molecule has 76 valence electrons. The van der Waals surface area contributed by atoms with Crippen molar-refractivity contribution in [3.63, 3.8) is 0 Å². The van der Waals surface area contributed by atoms with Crippen LogP contribution in [0.1, 0.15) is 27.2 Å². The molecule has 1 unspecified atom stereocenters. The van der Waals surface area contributed by atoms with Gasteiger partial charge < -0.3 is 10.6 Å². The van der Waals surface area contributed by atoms with Crippen molar-refractivity contribution in [1.29, 1.82) is 0 Å². The van der Waals surface area contributed by atoms with Crippen molar-refractivity contribution < 1.29 is 4.79 Å². The van der Waals surface area contributed by atoms with Gasteiger partial charge in [0.05, 0.1) is 0 Å². The Kier molecular flexibility index (Phi) is 3.31. The molecule has 0 spiro atoms. The third kappa shape index (κ3) is 2.44. The molecule has 2 atom stereocenters. The van der Waals surface area contributed by atoms with Crippen LogP contribution in [-0.4, -0.2) is 29.9 Å². The third-order valence-electron chi connectivity index (χ3n) is 2.93. The van der Waals surface area contributed by atoms with Crippen molar-refractivity contribution in [1.82, 2.24) is 4.90 Å². The largest absolute Gasteiger partial charge is 0.341 e.